The molecule has 0 aliphatic carbocycles. The van der Waals surface area contributed by atoms with Crippen LogP contribution in [-0.4, -0.2) is 66.7 Å². The maximum atomic E-state index is 12.8. The second-order valence-electron chi connectivity index (χ2n) is 8.14. The number of amides is 3. The summed E-state index contributed by atoms with van der Waals surface area (Å²) in [6, 6.07) is 8.33. The molecule has 0 bridgehead atoms. The Morgan fingerprint density at radius 2 is 2.05 bits per heavy atom. The summed E-state index contributed by atoms with van der Waals surface area (Å²) >= 11 is 0.785. The number of aromatic nitrogens is 1. The second kappa shape index (κ2) is 11.9. The molecule has 3 rings (SSSR count). The van der Waals surface area contributed by atoms with Gasteiger partial charge in [0.15, 0.2) is 5.57 Å². The highest BCUT2D eigenvalue weighted by atomic mass is 32.1. The van der Waals surface area contributed by atoms with Crippen LogP contribution in [0.2, 0.25) is 0 Å². The molecule has 202 valence electrons. The third-order valence-corrected chi connectivity index (χ3v) is 6.56. The number of halogens is 3. The molecule has 1 aliphatic heterocycles. The van der Waals surface area contributed by atoms with Gasteiger partial charge in [0.25, 0.3) is 11.5 Å². The third-order valence-electron chi connectivity index (χ3n) is 5.43. The zero-order valence-corrected chi connectivity index (χ0v) is 21.2. The summed E-state index contributed by atoms with van der Waals surface area (Å²) in [5, 5.41) is 16.6. The number of anilines is 2. The highest BCUT2D eigenvalue weighted by Gasteiger charge is 2.29. The van der Waals surface area contributed by atoms with Crippen molar-refractivity contribution < 1.29 is 27.6 Å². The summed E-state index contributed by atoms with van der Waals surface area (Å²) in [7, 11) is 1.59. The van der Waals surface area contributed by atoms with Crippen molar-refractivity contribution in [2.75, 3.05) is 43.6 Å². The van der Waals surface area contributed by atoms with Crippen LogP contribution in [-0.2, 0) is 20.9 Å². The van der Waals surface area contributed by atoms with Gasteiger partial charge in [-0.3, -0.25) is 28.6 Å². The molecular formula is C23H24F3N7O4S. The van der Waals surface area contributed by atoms with E-state index in [0.717, 1.165) is 15.9 Å². The minimum Gasteiger partial charge on any atom is -0.360 e. The number of likely N-dealkylation sites (N-methyl/N-ethyl adjacent to an activating group) is 1. The molecule has 1 aliphatic rings. The van der Waals surface area contributed by atoms with Crippen molar-refractivity contribution in [2.45, 2.75) is 19.6 Å². The van der Waals surface area contributed by atoms with E-state index in [4.69, 9.17) is 0 Å². The summed E-state index contributed by atoms with van der Waals surface area (Å²) in [6.07, 6.45) is -3.30. The number of hydrogen-bond donors (Lipinski definition) is 3. The Balaban J connectivity index is 1.84. The van der Waals surface area contributed by atoms with Gasteiger partial charge in [0.1, 0.15) is 21.8 Å². The molecule has 15 heteroatoms. The van der Waals surface area contributed by atoms with Crippen LogP contribution < -0.4 is 35.6 Å². The molecule has 1 saturated heterocycles. The Hall–Kier alpha value is -4.16. The largest absolute Gasteiger partial charge is 0.405 e. The average Bonchev–Trinajstić information content (AvgIpc) is 3.42. The van der Waals surface area contributed by atoms with Gasteiger partial charge in [0.05, 0.1) is 19.8 Å². The fourth-order valence-electron chi connectivity index (χ4n) is 3.48. The lowest BCUT2D eigenvalue weighted by atomic mass is 10.2. The molecule has 2 aromatic rings. The van der Waals surface area contributed by atoms with Crippen LogP contribution in [0.15, 0.2) is 29.1 Å². The Morgan fingerprint density at radius 1 is 1.32 bits per heavy atom. The van der Waals surface area contributed by atoms with E-state index in [1.165, 1.54) is 11.1 Å². The maximum absolute atomic E-state index is 12.8. The number of carbonyl (C=O) groups excluding carboxylic acids is 3. The SMILES string of the molecule is CCn1c(=O)/c(=C\Nc2cccc(N(C)C(=O)CN3CNC(=O)C3)c2)s/c1=C(/C#N)C(=O)NCC(F)(F)F. The topological polar surface area (TPSA) is 140 Å². The first kappa shape index (κ1) is 28.4. The van der Waals surface area contributed by atoms with Crippen LogP contribution in [0.1, 0.15) is 6.92 Å². The quantitative estimate of drug-likeness (QED) is 0.402. The van der Waals surface area contributed by atoms with Gasteiger partial charge in [0.2, 0.25) is 11.8 Å². The second-order valence-corrected chi connectivity index (χ2v) is 9.17. The van der Waals surface area contributed by atoms with Gasteiger partial charge in [-0.1, -0.05) is 6.07 Å². The molecule has 3 N–H and O–H groups in total. The van der Waals surface area contributed by atoms with Gasteiger partial charge in [-0.15, -0.1) is 11.3 Å². The molecule has 0 radical (unpaired) electrons. The minimum absolute atomic E-state index is 0.0435. The zero-order valence-electron chi connectivity index (χ0n) is 20.4. The van der Waals surface area contributed by atoms with Gasteiger partial charge in [0, 0.05) is 31.2 Å². The number of thiazole rings is 1. The van der Waals surface area contributed by atoms with Crippen molar-refractivity contribution in [1.82, 2.24) is 20.1 Å². The lowest BCUT2D eigenvalue weighted by molar-refractivity contribution is -0.135. The van der Waals surface area contributed by atoms with Crippen molar-refractivity contribution in [3.05, 3.63) is 43.8 Å². The number of nitriles is 1. The van der Waals surface area contributed by atoms with Crippen molar-refractivity contribution >= 4 is 52.2 Å². The van der Waals surface area contributed by atoms with Gasteiger partial charge in [-0.2, -0.15) is 18.4 Å². The molecule has 3 amide bonds. The minimum atomic E-state index is -4.66. The van der Waals surface area contributed by atoms with E-state index in [1.54, 1.807) is 54.5 Å². The Labute approximate surface area is 218 Å². The Bertz CT molecular complexity index is 1460. The van der Waals surface area contributed by atoms with E-state index < -0.39 is 29.8 Å². The van der Waals surface area contributed by atoms with E-state index in [-0.39, 0.29) is 40.6 Å². The molecule has 0 unspecified atom stereocenters. The fourth-order valence-corrected chi connectivity index (χ4v) is 4.56. The fraction of sp³-hybridized carbons (Fsp3) is 0.348. The predicted molar refractivity (Wildman–Crippen MR) is 134 cm³/mol. The molecule has 1 fully saturated rings. The number of rotatable bonds is 8. The third kappa shape index (κ3) is 6.99. The summed E-state index contributed by atoms with van der Waals surface area (Å²) in [6.45, 7) is 0.547. The molecule has 1 aromatic carbocycles. The van der Waals surface area contributed by atoms with E-state index in [0.29, 0.717) is 18.0 Å². The first-order valence-electron chi connectivity index (χ1n) is 11.2. The number of carbonyl (C=O) groups is 3. The van der Waals surface area contributed by atoms with Crippen LogP contribution >= 0.6 is 11.3 Å². The molecule has 2 heterocycles. The molecule has 11 nitrogen and oxygen atoms in total. The lowest BCUT2D eigenvalue weighted by Gasteiger charge is -2.21. The van der Waals surface area contributed by atoms with Gasteiger partial charge < -0.3 is 20.9 Å². The lowest BCUT2D eigenvalue weighted by Crippen LogP contribution is -2.38. The van der Waals surface area contributed by atoms with Crippen LogP contribution in [0.5, 0.6) is 0 Å². The molecule has 1 aromatic heterocycles. The molecule has 0 saturated carbocycles. The monoisotopic (exact) mass is 551 g/mol. The summed E-state index contributed by atoms with van der Waals surface area (Å²) < 4.78 is 38.6. The van der Waals surface area contributed by atoms with E-state index in [9.17, 15) is 37.6 Å². The highest BCUT2D eigenvalue weighted by Crippen LogP contribution is 2.19. The van der Waals surface area contributed by atoms with Gasteiger partial charge in [-0.05, 0) is 25.1 Å². The van der Waals surface area contributed by atoms with Crippen molar-refractivity contribution in [3.8, 4) is 6.07 Å². The number of alkyl halides is 3. The van der Waals surface area contributed by atoms with Crippen LogP contribution in [0, 0.1) is 11.3 Å². The summed E-state index contributed by atoms with van der Waals surface area (Å²) in [4.78, 5) is 52.1. The van der Waals surface area contributed by atoms with Crippen LogP contribution in [0.4, 0.5) is 24.5 Å². The maximum Gasteiger partial charge on any atom is 0.405 e. The number of benzene rings is 1. The molecule has 38 heavy (non-hydrogen) atoms. The smallest absolute Gasteiger partial charge is 0.360 e. The van der Waals surface area contributed by atoms with Gasteiger partial charge >= 0.3 is 6.18 Å². The standard InChI is InChI=1S/C23H24F3N7O4S/c1-3-33-21(37)17(38-22(33)16(8-27)20(36)29-12-23(24,25)26)9-28-14-5-4-6-15(7-14)31(2)19(35)11-32-10-18(34)30-13-32/h4-7,9,28H,3,10-13H2,1-2H3,(H,29,36)(H,30,34)/b17-9+,22-16-. The Morgan fingerprint density at radius 3 is 2.66 bits per heavy atom. The van der Waals surface area contributed by atoms with E-state index in [1.807, 2.05) is 0 Å². The molecule has 0 atom stereocenters. The van der Waals surface area contributed by atoms with Crippen molar-refractivity contribution in [2.24, 2.45) is 0 Å². The zero-order chi connectivity index (χ0) is 28.0. The summed E-state index contributed by atoms with van der Waals surface area (Å²) in [5.74, 6) is -1.62. The normalized spacial score (nSPS) is 15.1. The van der Waals surface area contributed by atoms with E-state index in [2.05, 4.69) is 10.6 Å². The van der Waals surface area contributed by atoms with Crippen molar-refractivity contribution in [3.63, 3.8) is 0 Å². The van der Waals surface area contributed by atoms with Crippen LogP contribution in [0.3, 0.4) is 0 Å². The van der Waals surface area contributed by atoms with E-state index >= 15 is 0 Å². The number of nitrogens with one attached hydrogen (secondary N) is 3. The Kier molecular flexibility index (Phi) is 8.92. The van der Waals surface area contributed by atoms with Crippen LogP contribution in [0.25, 0.3) is 11.8 Å². The van der Waals surface area contributed by atoms with Crippen molar-refractivity contribution in [1.29, 1.82) is 5.26 Å². The number of nitrogens with zero attached hydrogens (tertiary/aromatic N) is 4. The number of hydrogen-bond acceptors (Lipinski definition) is 8. The predicted octanol–water partition coefficient (Wildman–Crippen LogP) is -0.515. The molecule has 0 spiro atoms. The highest BCUT2D eigenvalue weighted by molar-refractivity contribution is 7.07. The van der Waals surface area contributed by atoms with Gasteiger partial charge in [-0.25, -0.2) is 0 Å². The first-order chi connectivity index (χ1) is 17.9. The molecular weight excluding hydrogens is 527 g/mol. The first-order valence-corrected chi connectivity index (χ1v) is 12.1. The average molecular weight is 552 g/mol. The summed E-state index contributed by atoms with van der Waals surface area (Å²) in [5.41, 5.74) is -0.0698.